The van der Waals surface area contributed by atoms with Gasteiger partial charge in [-0.1, -0.05) is 13.8 Å². The normalized spacial score (nSPS) is 8.78. The minimum atomic E-state index is 0.440. The van der Waals surface area contributed by atoms with Gasteiger partial charge in [0.2, 0.25) is 5.88 Å². The zero-order chi connectivity index (χ0) is 13.4. The van der Waals surface area contributed by atoms with Crippen LogP contribution in [-0.4, -0.2) is 9.97 Å². The van der Waals surface area contributed by atoms with Crippen molar-refractivity contribution in [3.8, 4) is 17.7 Å². The van der Waals surface area contributed by atoms with Gasteiger partial charge in [-0.05, 0) is 31.2 Å². The van der Waals surface area contributed by atoms with Crippen molar-refractivity contribution in [3.05, 3.63) is 47.9 Å². The van der Waals surface area contributed by atoms with Crippen LogP contribution in [0.1, 0.15) is 25.1 Å². The van der Waals surface area contributed by atoms with Crippen molar-refractivity contribution < 1.29 is 4.74 Å². The Labute approximate surface area is 107 Å². The molecule has 2 aromatic rings. The highest BCUT2D eigenvalue weighted by Crippen LogP contribution is 2.18. The van der Waals surface area contributed by atoms with E-state index in [1.807, 2.05) is 26.8 Å². The van der Waals surface area contributed by atoms with E-state index in [4.69, 9.17) is 10.00 Å². The van der Waals surface area contributed by atoms with Gasteiger partial charge in [-0.2, -0.15) is 5.26 Å². The van der Waals surface area contributed by atoms with Crippen molar-refractivity contribution in [2.24, 2.45) is 0 Å². The molecule has 0 aliphatic rings. The second-order valence-corrected chi connectivity index (χ2v) is 3.23. The van der Waals surface area contributed by atoms with E-state index < -0.39 is 0 Å². The van der Waals surface area contributed by atoms with Crippen LogP contribution in [0.2, 0.25) is 0 Å². The number of rotatable bonds is 2. The van der Waals surface area contributed by atoms with Gasteiger partial charge in [0.1, 0.15) is 5.75 Å². The summed E-state index contributed by atoms with van der Waals surface area (Å²) in [6, 6.07) is 8.87. The lowest BCUT2D eigenvalue weighted by atomic mass is 10.2. The second-order valence-electron chi connectivity index (χ2n) is 3.23. The zero-order valence-corrected chi connectivity index (χ0v) is 10.7. The lowest BCUT2D eigenvalue weighted by Crippen LogP contribution is -1.90. The number of aryl methyl sites for hydroxylation is 1. The molecule has 0 aliphatic carbocycles. The van der Waals surface area contributed by atoms with Gasteiger partial charge in [0.15, 0.2) is 0 Å². The number of nitrogens with zero attached hydrogens (tertiary/aromatic N) is 3. The molecule has 0 saturated heterocycles. The quantitative estimate of drug-likeness (QED) is 0.807. The lowest BCUT2D eigenvalue weighted by Gasteiger charge is -2.03. The summed E-state index contributed by atoms with van der Waals surface area (Å²) in [4.78, 5) is 8.14. The third-order valence-electron chi connectivity index (χ3n) is 1.96. The summed E-state index contributed by atoms with van der Waals surface area (Å²) >= 11 is 0. The van der Waals surface area contributed by atoms with E-state index in [9.17, 15) is 0 Å². The van der Waals surface area contributed by atoms with Gasteiger partial charge in [0.05, 0.1) is 29.7 Å². The average molecular weight is 241 g/mol. The number of aromatic nitrogens is 2. The number of hydrogen-bond donors (Lipinski definition) is 0. The molecular formula is C14H15N3O. The summed E-state index contributed by atoms with van der Waals surface area (Å²) < 4.78 is 5.45. The molecule has 0 aliphatic heterocycles. The van der Waals surface area contributed by atoms with E-state index in [2.05, 4.69) is 9.97 Å². The highest BCUT2D eigenvalue weighted by Gasteiger charge is 1.98. The summed E-state index contributed by atoms with van der Waals surface area (Å²) in [5.41, 5.74) is 1.44. The topological polar surface area (TPSA) is 58.8 Å². The Bertz CT molecular complexity index is 512. The largest absolute Gasteiger partial charge is 0.438 e. The summed E-state index contributed by atoms with van der Waals surface area (Å²) in [6.07, 6.45) is 3.20. The SMILES string of the molecule is CC.Cc1cnc(Oc2ccc(C#N)cc2)cn1. The van der Waals surface area contributed by atoms with Crippen LogP contribution in [0.5, 0.6) is 11.6 Å². The van der Waals surface area contributed by atoms with E-state index in [0.717, 1.165) is 5.69 Å². The first-order chi connectivity index (χ1) is 8.78. The summed E-state index contributed by atoms with van der Waals surface area (Å²) in [7, 11) is 0. The van der Waals surface area contributed by atoms with Gasteiger partial charge in [-0.3, -0.25) is 4.98 Å². The molecule has 92 valence electrons. The first-order valence-corrected chi connectivity index (χ1v) is 5.74. The van der Waals surface area contributed by atoms with Gasteiger partial charge < -0.3 is 4.74 Å². The van der Waals surface area contributed by atoms with E-state index >= 15 is 0 Å². The molecule has 4 nitrogen and oxygen atoms in total. The Morgan fingerprint density at radius 3 is 2.22 bits per heavy atom. The van der Waals surface area contributed by atoms with E-state index in [0.29, 0.717) is 17.2 Å². The Kier molecular flexibility index (Phi) is 5.33. The van der Waals surface area contributed by atoms with Gasteiger partial charge >= 0.3 is 0 Å². The van der Waals surface area contributed by atoms with Crippen molar-refractivity contribution >= 4 is 0 Å². The molecule has 0 amide bonds. The summed E-state index contributed by atoms with van der Waals surface area (Å²) in [5.74, 6) is 1.08. The van der Waals surface area contributed by atoms with Crippen molar-refractivity contribution in [2.45, 2.75) is 20.8 Å². The molecule has 1 heterocycles. The first kappa shape index (κ1) is 13.7. The molecule has 0 fully saturated rings. The fourth-order valence-electron chi connectivity index (χ4n) is 1.15. The maximum absolute atomic E-state index is 8.64. The zero-order valence-electron chi connectivity index (χ0n) is 10.7. The Balaban J connectivity index is 0.000000771. The number of benzene rings is 1. The lowest BCUT2D eigenvalue weighted by molar-refractivity contribution is 0.459. The van der Waals surface area contributed by atoms with Crippen LogP contribution in [0.4, 0.5) is 0 Å². The Hall–Kier alpha value is -2.41. The Morgan fingerprint density at radius 2 is 1.72 bits per heavy atom. The number of hydrogen-bond acceptors (Lipinski definition) is 4. The number of nitriles is 1. The molecule has 0 spiro atoms. The molecule has 0 saturated carbocycles. The van der Waals surface area contributed by atoms with Gasteiger partial charge in [-0.15, -0.1) is 0 Å². The van der Waals surface area contributed by atoms with E-state index in [1.165, 1.54) is 0 Å². The molecule has 0 N–H and O–H groups in total. The molecule has 0 bridgehead atoms. The molecule has 1 aromatic heterocycles. The number of ether oxygens (including phenoxy) is 1. The smallest absolute Gasteiger partial charge is 0.237 e. The van der Waals surface area contributed by atoms with E-state index in [1.54, 1.807) is 36.7 Å². The standard InChI is InChI=1S/C12H9N3O.C2H6/c1-9-7-15-12(8-14-9)16-11-4-2-10(6-13)3-5-11;1-2/h2-5,7-8H,1H3;1-2H3. The third-order valence-corrected chi connectivity index (χ3v) is 1.96. The van der Waals surface area contributed by atoms with Gasteiger partial charge in [0, 0.05) is 0 Å². The molecule has 0 unspecified atom stereocenters. The average Bonchev–Trinajstić information content (AvgIpc) is 2.44. The highest BCUT2D eigenvalue weighted by molar-refractivity contribution is 5.35. The van der Waals surface area contributed by atoms with Crippen LogP contribution in [0, 0.1) is 18.3 Å². The maximum Gasteiger partial charge on any atom is 0.237 e. The molecule has 0 atom stereocenters. The minimum Gasteiger partial charge on any atom is -0.438 e. The molecule has 2 rings (SSSR count). The van der Waals surface area contributed by atoms with Crippen molar-refractivity contribution in [2.75, 3.05) is 0 Å². The predicted molar refractivity (Wildman–Crippen MR) is 69.3 cm³/mol. The first-order valence-electron chi connectivity index (χ1n) is 5.74. The van der Waals surface area contributed by atoms with Crippen molar-refractivity contribution in [1.82, 2.24) is 9.97 Å². The van der Waals surface area contributed by atoms with Gasteiger partial charge in [-0.25, -0.2) is 4.98 Å². The van der Waals surface area contributed by atoms with Gasteiger partial charge in [0.25, 0.3) is 0 Å². The van der Waals surface area contributed by atoms with Crippen molar-refractivity contribution in [1.29, 1.82) is 5.26 Å². The molecule has 1 aromatic carbocycles. The van der Waals surface area contributed by atoms with Crippen LogP contribution >= 0.6 is 0 Å². The van der Waals surface area contributed by atoms with Crippen LogP contribution in [0.3, 0.4) is 0 Å². The van der Waals surface area contributed by atoms with Crippen LogP contribution < -0.4 is 4.74 Å². The molecule has 4 heteroatoms. The Morgan fingerprint density at radius 1 is 1.06 bits per heavy atom. The fraction of sp³-hybridized carbons (Fsp3) is 0.214. The molecular weight excluding hydrogens is 226 g/mol. The third kappa shape index (κ3) is 3.87. The predicted octanol–water partition coefficient (Wildman–Crippen LogP) is 3.48. The van der Waals surface area contributed by atoms with Crippen LogP contribution in [0.15, 0.2) is 36.7 Å². The van der Waals surface area contributed by atoms with Crippen LogP contribution in [-0.2, 0) is 0 Å². The van der Waals surface area contributed by atoms with Crippen molar-refractivity contribution in [3.63, 3.8) is 0 Å². The fourth-order valence-corrected chi connectivity index (χ4v) is 1.15. The second kappa shape index (κ2) is 7.02. The summed E-state index contributed by atoms with van der Waals surface area (Å²) in [6.45, 7) is 5.86. The minimum absolute atomic E-state index is 0.440. The maximum atomic E-state index is 8.64. The molecule has 18 heavy (non-hydrogen) atoms. The summed E-state index contributed by atoms with van der Waals surface area (Å²) in [5, 5.41) is 8.64. The molecule has 0 radical (unpaired) electrons. The highest BCUT2D eigenvalue weighted by atomic mass is 16.5. The van der Waals surface area contributed by atoms with Crippen LogP contribution in [0.25, 0.3) is 0 Å². The monoisotopic (exact) mass is 241 g/mol. The van der Waals surface area contributed by atoms with E-state index in [-0.39, 0.29) is 0 Å².